The van der Waals surface area contributed by atoms with Crippen LogP contribution < -0.4 is 21.3 Å². The number of aliphatic hydroxyl groups is 12. The summed E-state index contributed by atoms with van der Waals surface area (Å²) in [5.41, 5.74) is -7.85. The first-order valence-corrected chi connectivity index (χ1v) is 14.9. The smallest absolute Gasteiger partial charge is 0.272 e. The number of nitrogens with one attached hydrogen (secondary N) is 4. The Kier molecular flexibility index (Phi) is 18.6. The van der Waals surface area contributed by atoms with Crippen molar-refractivity contribution in [1.82, 2.24) is 41.2 Å². The first-order chi connectivity index (χ1) is 24.7. The van der Waals surface area contributed by atoms with Crippen molar-refractivity contribution in [2.75, 3.05) is 79.3 Å². The highest BCUT2D eigenvalue weighted by Crippen LogP contribution is 2.09. The maximum absolute atomic E-state index is 12.2. The highest BCUT2D eigenvalue weighted by atomic mass is 16.3. The van der Waals surface area contributed by atoms with E-state index >= 15 is 0 Å². The SMILES string of the molecule is O=C(NC(CO)(CO)CO)c1cnc(C(=O)NC(CO)(CO)CO)cn1.O=C(NC(CO)(CO)CO)c1cncc(C(=O)NC(CO)(CO)CO)n1. The quantitative estimate of drug-likeness (QED) is 0.0597. The zero-order valence-electron chi connectivity index (χ0n) is 27.6. The Balaban J connectivity index is 0.000000520. The Labute approximate surface area is 294 Å². The second kappa shape index (κ2) is 21.2. The lowest BCUT2D eigenvalue weighted by atomic mass is 10.0. The van der Waals surface area contributed by atoms with Crippen LogP contribution in [0.4, 0.5) is 0 Å². The van der Waals surface area contributed by atoms with Gasteiger partial charge in [0.2, 0.25) is 0 Å². The van der Waals surface area contributed by atoms with E-state index in [-0.39, 0.29) is 22.8 Å². The summed E-state index contributed by atoms with van der Waals surface area (Å²) in [5, 5.41) is 119. The number of nitrogens with zero attached hydrogens (tertiary/aromatic N) is 4. The number of carbonyl (C=O) groups is 4. The van der Waals surface area contributed by atoms with Crippen molar-refractivity contribution in [3.05, 3.63) is 47.6 Å². The van der Waals surface area contributed by atoms with Crippen molar-refractivity contribution < 1.29 is 80.5 Å². The molecule has 0 saturated heterocycles. The summed E-state index contributed by atoms with van der Waals surface area (Å²) in [6, 6.07) is 0. The van der Waals surface area contributed by atoms with Gasteiger partial charge in [0.05, 0.1) is 104 Å². The van der Waals surface area contributed by atoms with Gasteiger partial charge in [-0.25, -0.2) is 15.0 Å². The number of rotatable bonds is 20. The molecule has 0 unspecified atom stereocenters. The molecule has 2 aromatic rings. The van der Waals surface area contributed by atoms with Crippen LogP contribution in [0, 0.1) is 0 Å². The van der Waals surface area contributed by atoms with Gasteiger partial charge in [-0.3, -0.25) is 24.2 Å². The molecule has 0 aromatic carbocycles. The van der Waals surface area contributed by atoms with Crippen LogP contribution in [0.25, 0.3) is 0 Å². The summed E-state index contributed by atoms with van der Waals surface area (Å²) in [5.74, 6) is -3.53. The van der Waals surface area contributed by atoms with Gasteiger partial charge in [0.25, 0.3) is 23.6 Å². The molecule has 0 radical (unpaired) electrons. The maximum atomic E-state index is 12.2. The molecule has 0 saturated carbocycles. The predicted octanol–water partition coefficient (Wildman–Crippen LogP) is -9.26. The third kappa shape index (κ3) is 11.8. The topological polar surface area (TPSA) is 411 Å². The van der Waals surface area contributed by atoms with E-state index in [0.717, 1.165) is 24.8 Å². The normalized spacial score (nSPS) is 11.9. The van der Waals surface area contributed by atoms with Gasteiger partial charge in [-0.15, -0.1) is 0 Å². The van der Waals surface area contributed by atoms with Gasteiger partial charge in [0.15, 0.2) is 0 Å². The highest BCUT2D eigenvalue weighted by Gasteiger charge is 2.34. The fraction of sp³-hybridized carbons (Fsp3) is 0.571. The summed E-state index contributed by atoms with van der Waals surface area (Å²) in [6.07, 6.45) is 3.92. The third-order valence-corrected chi connectivity index (χ3v) is 7.36. The summed E-state index contributed by atoms with van der Waals surface area (Å²) >= 11 is 0. The Hall–Kier alpha value is -4.44. The molecular weight excluding hydrogens is 704 g/mol. The number of aliphatic hydroxyl groups excluding tert-OH is 12. The molecule has 0 bridgehead atoms. The van der Waals surface area contributed by atoms with Crippen LogP contribution in [-0.2, 0) is 0 Å². The molecule has 2 heterocycles. The third-order valence-electron chi connectivity index (χ3n) is 7.36. The van der Waals surface area contributed by atoms with Gasteiger partial charge in [0, 0.05) is 0 Å². The lowest BCUT2D eigenvalue weighted by molar-refractivity contribution is 0.0367. The number of carbonyl (C=O) groups excluding carboxylic acids is 4. The molecule has 292 valence electrons. The first kappa shape index (κ1) is 45.6. The second-order valence-corrected chi connectivity index (χ2v) is 11.4. The molecule has 24 nitrogen and oxygen atoms in total. The first-order valence-electron chi connectivity index (χ1n) is 14.9. The van der Waals surface area contributed by atoms with Crippen molar-refractivity contribution in [2.45, 2.75) is 22.2 Å². The Bertz CT molecular complexity index is 1300. The standard InChI is InChI=1S/2C14H22N4O8/c19-3-13(4-20,5-21)17-11(25)9-1-15-10(2-16-9)12(26)18-14(6-22,7-23)8-24;19-3-13(4-20,5-21)17-11(25)9-1-15-2-10(16-9)12(26)18-14(6-22,7-23)8-24/h2*1-2,19-24H,3-8H2,(H,17,25)(H,18,26). The highest BCUT2D eigenvalue weighted by molar-refractivity contribution is 5.96. The molecule has 0 fully saturated rings. The van der Waals surface area contributed by atoms with E-state index < -0.39 is 125 Å². The average molecular weight is 749 g/mol. The minimum absolute atomic E-state index is 0.251. The number of hydrogen-bond acceptors (Lipinski definition) is 20. The average Bonchev–Trinajstić information content (AvgIpc) is 3.20. The lowest BCUT2D eigenvalue weighted by Crippen LogP contribution is -2.57. The molecular formula is C28H44N8O16. The molecule has 0 aliphatic carbocycles. The van der Waals surface area contributed by atoms with E-state index in [0.29, 0.717) is 0 Å². The Morgan fingerprint density at radius 3 is 0.788 bits per heavy atom. The molecule has 0 aliphatic rings. The predicted molar refractivity (Wildman–Crippen MR) is 170 cm³/mol. The molecule has 2 aromatic heterocycles. The summed E-state index contributed by atoms with van der Waals surface area (Å²) < 4.78 is 0. The molecule has 2 rings (SSSR count). The zero-order chi connectivity index (χ0) is 39.6. The molecule has 4 amide bonds. The zero-order valence-corrected chi connectivity index (χ0v) is 27.6. The van der Waals surface area contributed by atoms with Gasteiger partial charge in [-0.2, -0.15) is 0 Å². The second-order valence-electron chi connectivity index (χ2n) is 11.4. The van der Waals surface area contributed by atoms with Crippen LogP contribution in [0.3, 0.4) is 0 Å². The largest absolute Gasteiger partial charge is 0.394 e. The fourth-order valence-corrected chi connectivity index (χ4v) is 3.44. The maximum Gasteiger partial charge on any atom is 0.272 e. The fourth-order valence-electron chi connectivity index (χ4n) is 3.44. The van der Waals surface area contributed by atoms with E-state index in [4.69, 9.17) is 0 Å². The van der Waals surface area contributed by atoms with Crippen molar-refractivity contribution in [2.24, 2.45) is 0 Å². The van der Waals surface area contributed by atoms with Crippen LogP contribution >= 0.6 is 0 Å². The van der Waals surface area contributed by atoms with Gasteiger partial charge in [-0.1, -0.05) is 0 Å². The van der Waals surface area contributed by atoms with Crippen LogP contribution in [0.5, 0.6) is 0 Å². The Morgan fingerprint density at radius 1 is 0.385 bits per heavy atom. The van der Waals surface area contributed by atoms with Crippen molar-refractivity contribution in [1.29, 1.82) is 0 Å². The molecule has 16 N–H and O–H groups in total. The molecule has 0 spiro atoms. The number of hydrogen-bond donors (Lipinski definition) is 16. The van der Waals surface area contributed by atoms with E-state index in [1.807, 2.05) is 0 Å². The van der Waals surface area contributed by atoms with E-state index in [1.54, 1.807) is 0 Å². The monoisotopic (exact) mass is 748 g/mol. The lowest BCUT2D eigenvalue weighted by Gasteiger charge is -2.29. The van der Waals surface area contributed by atoms with Gasteiger partial charge < -0.3 is 82.5 Å². The van der Waals surface area contributed by atoms with Crippen LogP contribution in [0.2, 0.25) is 0 Å². The minimum atomic E-state index is -1.68. The van der Waals surface area contributed by atoms with E-state index in [1.165, 1.54) is 0 Å². The van der Waals surface area contributed by atoms with Gasteiger partial charge in [0.1, 0.15) is 44.9 Å². The van der Waals surface area contributed by atoms with Crippen molar-refractivity contribution in [3.63, 3.8) is 0 Å². The van der Waals surface area contributed by atoms with E-state index in [2.05, 4.69) is 41.2 Å². The van der Waals surface area contributed by atoms with Crippen LogP contribution in [0.1, 0.15) is 42.0 Å². The minimum Gasteiger partial charge on any atom is -0.394 e. The summed E-state index contributed by atoms with van der Waals surface area (Å²) in [7, 11) is 0. The summed E-state index contributed by atoms with van der Waals surface area (Å²) in [6.45, 7) is -8.77. The Morgan fingerprint density at radius 2 is 0.596 bits per heavy atom. The summed E-state index contributed by atoms with van der Waals surface area (Å²) in [4.78, 5) is 63.3. The molecule has 52 heavy (non-hydrogen) atoms. The van der Waals surface area contributed by atoms with Gasteiger partial charge >= 0.3 is 0 Å². The van der Waals surface area contributed by atoms with Crippen LogP contribution in [-0.4, -0.2) is 206 Å². The van der Waals surface area contributed by atoms with Crippen molar-refractivity contribution in [3.8, 4) is 0 Å². The van der Waals surface area contributed by atoms with Crippen LogP contribution in [0.15, 0.2) is 24.8 Å². The molecule has 24 heteroatoms. The molecule has 0 aliphatic heterocycles. The molecule has 0 atom stereocenters. The number of aromatic nitrogens is 4. The van der Waals surface area contributed by atoms with E-state index in [9.17, 15) is 80.5 Å². The number of amides is 4. The van der Waals surface area contributed by atoms with Gasteiger partial charge in [-0.05, 0) is 0 Å². The van der Waals surface area contributed by atoms with Crippen molar-refractivity contribution >= 4 is 23.6 Å².